The van der Waals surface area contributed by atoms with Crippen LogP contribution in [0.15, 0.2) is 24.3 Å². The first kappa shape index (κ1) is 70.8. The molecule has 7 heteroatoms. The molecule has 0 saturated carbocycles. The molecule has 1 atom stereocenters. The van der Waals surface area contributed by atoms with Gasteiger partial charge in [0, 0.05) is 48.8 Å². The lowest BCUT2D eigenvalue weighted by atomic mass is 10.2. The fraction of sp³-hybridized carbons (Fsp3) is 0.774. The van der Waals surface area contributed by atoms with E-state index in [1.165, 1.54) is 25.0 Å². The number of ketones is 1. The summed E-state index contributed by atoms with van der Waals surface area (Å²) in [5.41, 5.74) is 2.66. The lowest BCUT2D eigenvalue weighted by Gasteiger charge is -2.05. The van der Waals surface area contributed by atoms with Crippen molar-refractivity contribution in [3.63, 3.8) is 0 Å². The zero-order valence-corrected chi connectivity index (χ0v) is 23.0. The molecule has 0 aliphatic heterocycles. The molecule has 0 amide bonds. The summed E-state index contributed by atoms with van der Waals surface area (Å²) in [7, 11) is 9.89. The summed E-state index contributed by atoms with van der Waals surface area (Å²) in [5.74, 6) is 0.167. The van der Waals surface area contributed by atoms with Gasteiger partial charge >= 0.3 is 0 Å². The summed E-state index contributed by atoms with van der Waals surface area (Å²) < 4.78 is 23.2. The molecule has 7 nitrogen and oxygen atoms in total. The molecule has 38 heavy (non-hydrogen) atoms. The lowest BCUT2D eigenvalue weighted by Crippen LogP contribution is -2.11. The maximum Gasteiger partial charge on any atom is 0.126 e. The van der Waals surface area contributed by atoms with Gasteiger partial charge in [-0.1, -0.05) is 80.0 Å². The fourth-order valence-corrected chi connectivity index (χ4v) is 1.11. The van der Waals surface area contributed by atoms with E-state index in [9.17, 15) is 4.79 Å². The van der Waals surface area contributed by atoms with Crippen LogP contribution in [0.2, 0.25) is 0 Å². The molecule has 0 aromatic heterocycles. The fourth-order valence-electron chi connectivity index (χ4n) is 1.11. The summed E-state index contributed by atoms with van der Waals surface area (Å²) in [4.78, 5) is 9.44. The van der Waals surface area contributed by atoms with E-state index in [-0.39, 0.29) is 62.6 Å². The highest BCUT2D eigenvalue weighted by Crippen LogP contribution is 1.99. The second kappa shape index (κ2) is 65.1. The molecule has 1 aromatic rings. The lowest BCUT2D eigenvalue weighted by molar-refractivity contribution is -0.115. The van der Waals surface area contributed by atoms with Crippen LogP contribution in [0.3, 0.4) is 0 Å². The van der Waals surface area contributed by atoms with Crippen LogP contribution in [0.4, 0.5) is 0 Å². The Morgan fingerprint density at radius 2 is 0.895 bits per heavy atom. The molecule has 1 rings (SSSR count). The van der Waals surface area contributed by atoms with Crippen LogP contribution >= 0.6 is 0 Å². The van der Waals surface area contributed by atoms with Crippen LogP contribution in [0.5, 0.6) is 0 Å². The highest BCUT2D eigenvalue weighted by molar-refractivity contribution is 5.72. The number of carbonyl (C=O) groups is 1. The van der Waals surface area contributed by atoms with Crippen LogP contribution in [0, 0.1) is 13.8 Å². The minimum absolute atomic E-state index is 0. The number of methoxy groups -OCH3 is 5. The molecule has 0 saturated heterocycles. The topological polar surface area (TPSA) is 83.5 Å². The Morgan fingerprint density at radius 1 is 0.684 bits per heavy atom. The average Bonchev–Trinajstić information content (AvgIpc) is 2.69. The van der Waals surface area contributed by atoms with Crippen molar-refractivity contribution in [2.45, 2.75) is 105 Å². The van der Waals surface area contributed by atoms with Gasteiger partial charge < -0.3 is 33.6 Å². The third-order valence-corrected chi connectivity index (χ3v) is 2.51. The highest BCUT2D eigenvalue weighted by atomic mass is 16.5. The highest BCUT2D eigenvalue weighted by Gasteiger charge is 1.93. The van der Waals surface area contributed by atoms with E-state index < -0.39 is 0 Å². The predicted molar refractivity (Wildman–Crippen MR) is 175 cm³/mol. The summed E-state index contributed by atoms with van der Waals surface area (Å²) >= 11 is 0. The second-order valence-corrected chi connectivity index (χ2v) is 7.05. The van der Waals surface area contributed by atoms with Crippen molar-refractivity contribution in [3.8, 4) is 0 Å². The number of rotatable bonds is 6. The Morgan fingerprint density at radius 3 is 1.00 bits per heavy atom. The van der Waals surface area contributed by atoms with Crippen molar-refractivity contribution in [2.24, 2.45) is 0 Å². The Balaban J connectivity index is -0.0000000255. The Kier molecular flexibility index (Phi) is 121. The van der Waals surface area contributed by atoms with E-state index >= 15 is 0 Å². The van der Waals surface area contributed by atoms with E-state index in [0.29, 0.717) is 19.8 Å². The molecule has 0 fully saturated rings. The van der Waals surface area contributed by atoms with Gasteiger partial charge in [0.1, 0.15) is 5.78 Å². The van der Waals surface area contributed by atoms with Gasteiger partial charge in [-0.15, -0.1) is 0 Å². The van der Waals surface area contributed by atoms with Crippen LogP contribution in [-0.2, 0) is 28.5 Å². The summed E-state index contributed by atoms with van der Waals surface area (Å²) in [6.45, 7) is 14.7. The van der Waals surface area contributed by atoms with Crippen LogP contribution in [0.1, 0.15) is 90.3 Å². The molecule has 0 aliphatic rings. The van der Waals surface area contributed by atoms with Gasteiger partial charge in [0.25, 0.3) is 0 Å². The van der Waals surface area contributed by atoms with E-state index in [1.807, 2.05) is 6.92 Å². The zero-order chi connectivity index (χ0) is 26.4. The molecule has 1 aromatic carbocycles. The third-order valence-electron chi connectivity index (χ3n) is 2.51. The number of aliphatic hydroxyl groups excluding tert-OH is 1. The standard InChI is InChI=1S/C8H10.C5H12O2.C4H10O2.C3H8O.C3H6O.C2H6O.6CH4/c1-7-3-5-8(2)6-4-7;1-5(7-3)4-6-2;1-5-3-4-6-2;2*1-3(2)4;1-3-2;;;;;;/h3-6H,1-2H3;5H,4H2,1-3H3;3-4H2,1-2H3;3-4H,1-2H3;1-2H3;1-2H3;6*1H4. The van der Waals surface area contributed by atoms with Crippen LogP contribution in [0.25, 0.3) is 0 Å². The van der Waals surface area contributed by atoms with Crippen molar-refractivity contribution in [1.29, 1.82) is 0 Å². The third kappa shape index (κ3) is 142. The van der Waals surface area contributed by atoms with E-state index in [2.05, 4.69) is 52.3 Å². The molecule has 1 unspecified atom stereocenters. The predicted octanol–water partition coefficient (Wildman–Crippen LogP) is 8.31. The van der Waals surface area contributed by atoms with E-state index in [0.717, 1.165) is 0 Å². The van der Waals surface area contributed by atoms with Crippen molar-refractivity contribution in [1.82, 2.24) is 0 Å². The normalized spacial score (nSPS) is 8.08. The monoisotopic (exact) mass is 561 g/mol. The molecule has 242 valence electrons. The van der Waals surface area contributed by atoms with Gasteiger partial charge in [-0.2, -0.15) is 0 Å². The molecule has 0 bridgehead atoms. The number of hydrogen-bond acceptors (Lipinski definition) is 7. The van der Waals surface area contributed by atoms with Gasteiger partial charge in [0.05, 0.1) is 25.9 Å². The maximum atomic E-state index is 9.44. The number of ether oxygens (including phenoxy) is 5. The number of hydrogen-bond donors (Lipinski definition) is 1. The smallest absolute Gasteiger partial charge is 0.126 e. The number of carbonyl (C=O) groups excluding carboxylic acids is 1. The number of aryl methyl sites for hydroxylation is 2. The van der Waals surface area contributed by atoms with Gasteiger partial charge in [-0.05, 0) is 48.5 Å². The first-order valence-electron chi connectivity index (χ1n) is 10.5. The molecule has 0 heterocycles. The summed E-state index contributed by atoms with van der Waals surface area (Å²) in [6, 6.07) is 8.48. The van der Waals surface area contributed by atoms with Crippen LogP contribution in [-0.4, -0.2) is 85.6 Å². The van der Waals surface area contributed by atoms with Gasteiger partial charge in [-0.3, -0.25) is 0 Å². The molecule has 0 spiro atoms. The Labute approximate surface area is 242 Å². The van der Waals surface area contributed by atoms with E-state index in [4.69, 9.17) is 14.6 Å². The minimum Gasteiger partial charge on any atom is -0.394 e. The minimum atomic E-state index is -0.167. The molecule has 1 N–H and O–H groups in total. The Bertz CT molecular complexity index is 405. The van der Waals surface area contributed by atoms with Gasteiger partial charge in [0.15, 0.2) is 0 Å². The largest absolute Gasteiger partial charge is 0.394 e. The van der Waals surface area contributed by atoms with Gasteiger partial charge in [-0.25, -0.2) is 0 Å². The molecule has 0 aliphatic carbocycles. The van der Waals surface area contributed by atoms with Crippen LogP contribution < -0.4 is 0 Å². The van der Waals surface area contributed by atoms with Gasteiger partial charge in [0.2, 0.25) is 0 Å². The quantitative estimate of drug-likeness (QED) is 0.350. The zero-order valence-electron chi connectivity index (χ0n) is 23.0. The second-order valence-electron chi connectivity index (χ2n) is 7.05. The Hall–Kier alpha value is -1.35. The van der Waals surface area contributed by atoms with E-state index in [1.54, 1.807) is 56.5 Å². The SMILES string of the molecule is C.C.C.C.C.C.CC(C)=O.CC(C)O.COC.COCC(C)OC.COCCOC.Cc1ccc(C)cc1. The van der Waals surface area contributed by atoms with Crippen molar-refractivity contribution >= 4 is 5.78 Å². The van der Waals surface area contributed by atoms with Crippen molar-refractivity contribution in [2.75, 3.05) is 62.5 Å². The number of aliphatic hydroxyl groups is 1. The maximum absolute atomic E-state index is 9.44. The number of benzene rings is 1. The first-order valence-corrected chi connectivity index (χ1v) is 10.5. The average molecular weight is 561 g/mol. The number of Topliss-reactive ketones (excluding diaryl/α,β-unsaturated/α-hetero) is 1. The first-order chi connectivity index (χ1) is 14.9. The molecular weight excluding hydrogens is 484 g/mol. The summed E-state index contributed by atoms with van der Waals surface area (Å²) in [6.07, 6.45) is 0.0602. The summed E-state index contributed by atoms with van der Waals surface area (Å²) in [5, 5.41) is 8.06. The van der Waals surface area contributed by atoms with Crippen molar-refractivity contribution in [3.05, 3.63) is 35.4 Å². The molecular formula is C31H76O7. The molecule has 0 radical (unpaired) electrons. The van der Waals surface area contributed by atoms with Crippen molar-refractivity contribution < 1.29 is 33.6 Å².